The van der Waals surface area contributed by atoms with Gasteiger partial charge in [0.2, 0.25) is 0 Å². The first-order valence-electron chi connectivity index (χ1n) is 11.4. The van der Waals surface area contributed by atoms with Gasteiger partial charge in [0.1, 0.15) is 6.54 Å². The monoisotopic (exact) mass is 536 g/mol. The minimum atomic E-state index is -4.09. The van der Waals surface area contributed by atoms with Crippen LogP contribution in [-0.2, 0) is 34.5 Å². The van der Waals surface area contributed by atoms with Gasteiger partial charge in [0.05, 0.1) is 51.0 Å². The van der Waals surface area contributed by atoms with E-state index in [-0.39, 0.29) is 30.8 Å². The van der Waals surface area contributed by atoms with Crippen molar-refractivity contribution in [1.29, 1.82) is 0 Å². The van der Waals surface area contributed by atoms with Crippen molar-refractivity contribution < 1.29 is 49.8 Å². The van der Waals surface area contributed by atoms with Crippen molar-refractivity contribution in [3.8, 4) is 0 Å². The number of aliphatic carboxylic acids is 1. The lowest BCUT2D eigenvalue weighted by molar-refractivity contribution is -0.928. The number of hydrogen-bond donors (Lipinski definition) is 3. The van der Waals surface area contributed by atoms with Gasteiger partial charge in [-0.3, -0.25) is 13.9 Å². The zero-order valence-corrected chi connectivity index (χ0v) is 22.6. The molecule has 0 atom stereocenters. The summed E-state index contributed by atoms with van der Waals surface area (Å²) >= 11 is 0. The summed E-state index contributed by atoms with van der Waals surface area (Å²) in [6, 6.07) is 1.10. The number of carboxylic acids is 1. The van der Waals surface area contributed by atoms with Gasteiger partial charge >= 0.3 is 5.97 Å². The van der Waals surface area contributed by atoms with E-state index in [1.807, 2.05) is 0 Å². The van der Waals surface area contributed by atoms with E-state index < -0.39 is 35.0 Å². The number of carboxylic acid groups (broad SMARTS) is 1. The van der Waals surface area contributed by atoms with Crippen molar-refractivity contribution in [2.24, 2.45) is 0 Å². The van der Waals surface area contributed by atoms with Gasteiger partial charge < -0.3 is 19.1 Å². The molecular formula is C19H42NO10S2Si+. The summed E-state index contributed by atoms with van der Waals surface area (Å²) in [6.07, 6.45) is 1.87. The Morgan fingerprint density at radius 2 is 1.24 bits per heavy atom. The van der Waals surface area contributed by atoms with Crippen molar-refractivity contribution in [2.45, 2.75) is 51.2 Å². The van der Waals surface area contributed by atoms with Gasteiger partial charge in [-0.25, -0.2) is 0 Å². The van der Waals surface area contributed by atoms with E-state index >= 15 is 0 Å². The quantitative estimate of drug-likeness (QED) is 0.0790. The molecule has 0 heterocycles. The van der Waals surface area contributed by atoms with Crippen LogP contribution in [0.3, 0.4) is 0 Å². The highest BCUT2D eigenvalue weighted by Gasteiger charge is 2.28. The van der Waals surface area contributed by atoms with Crippen molar-refractivity contribution in [3.05, 3.63) is 0 Å². The molecule has 14 heteroatoms. The van der Waals surface area contributed by atoms with Crippen molar-refractivity contribution >= 4 is 35.0 Å². The van der Waals surface area contributed by atoms with Gasteiger partial charge in [0.25, 0.3) is 20.2 Å². The largest absolute Gasteiger partial charge is 0.481 e. The molecule has 0 rings (SSSR count). The van der Waals surface area contributed by atoms with E-state index in [0.717, 1.165) is 19.0 Å². The smallest absolute Gasteiger partial charge is 0.303 e. The first kappa shape index (κ1) is 32.4. The topological polar surface area (TPSA) is 164 Å². The summed E-state index contributed by atoms with van der Waals surface area (Å²) in [7, 11) is -8.98. The molecule has 0 fully saturated rings. The molecular weight excluding hydrogens is 494 g/mol. The van der Waals surface area contributed by atoms with Crippen LogP contribution in [0, 0.1) is 0 Å². The summed E-state index contributed by atoms with van der Waals surface area (Å²) in [6.45, 7) is 7.98. The second-order valence-corrected chi connectivity index (χ2v) is 15.3. The SMILES string of the molecule is C[SiH](C)CCC[N+](CCCS(=O)(=O)O)(CCCS(=O)(=O)O)CCOCCOCCCC(=O)O. The fraction of sp³-hybridized carbons (Fsp3) is 0.947. The van der Waals surface area contributed by atoms with E-state index in [4.69, 9.17) is 23.7 Å². The molecule has 11 nitrogen and oxygen atoms in total. The summed E-state index contributed by atoms with van der Waals surface area (Å²) in [5.41, 5.74) is 0. The van der Waals surface area contributed by atoms with Gasteiger partial charge in [0.15, 0.2) is 0 Å². The van der Waals surface area contributed by atoms with Crippen LogP contribution in [0.25, 0.3) is 0 Å². The zero-order chi connectivity index (χ0) is 25.4. The Morgan fingerprint density at radius 1 is 0.758 bits per heavy atom. The molecule has 198 valence electrons. The molecule has 0 saturated heterocycles. The summed E-state index contributed by atoms with van der Waals surface area (Å²) in [5, 5.41) is 8.59. The zero-order valence-electron chi connectivity index (χ0n) is 19.9. The predicted molar refractivity (Wildman–Crippen MR) is 129 cm³/mol. The number of quaternary nitrogens is 1. The van der Waals surface area contributed by atoms with Crippen LogP contribution in [0.2, 0.25) is 19.1 Å². The fourth-order valence-electron chi connectivity index (χ4n) is 3.58. The standard InChI is InChI=1S/C19H41NO10S2Si/c1-33(2)18-6-10-20(8-4-16-31(23,24)25,9-5-17-32(26,27)28)11-13-30-15-14-29-12-3-7-19(21)22/h33H,3-18H2,1-2H3,(H2-,21,22,23,24,25,26,27,28)/p+1. The van der Waals surface area contributed by atoms with Gasteiger partial charge in [-0.1, -0.05) is 19.1 Å². The van der Waals surface area contributed by atoms with Crippen LogP contribution in [-0.4, -0.2) is 114 Å². The molecule has 0 spiro atoms. The van der Waals surface area contributed by atoms with Crippen LogP contribution in [0.4, 0.5) is 0 Å². The Labute approximate surface area is 200 Å². The van der Waals surface area contributed by atoms with Gasteiger partial charge in [-0.05, 0) is 12.8 Å². The van der Waals surface area contributed by atoms with Crippen LogP contribution >= 0.6 is 0 Å². The number of nitrogens with zero attached hydrogens (tertiary/aromatic N) is 1. The van der Waals surface area contributed by atoms with E-state index in [2.05, 4.69) is 13.1 Å². The van der Waals surface area contributed by atoms with Crippen molar-refractivity contribution in [2.75, 3.05) is 64.1 Å². The molecule has 0 aliphatic carbocycles. The van der Waals surface area contributed by atoms with E-state index in [0.29, 0.717) is 57.0 Å². The number of ether oxygens (including phenoxy) is 2. The van der Waals surface area contributed by atoms with Crippen molar-refractivity contribution in [3.63, 3.8) is 0 Å². The van der Waals surface area contributed by atoms with Crippen LogP contribution < -0.4 is 0 Å². The van der Waals surface area contributed by atoms with Gasteiger partial charge in [-0.15, -0.1) is 0 Å². The first-order chi connectivity index (χ1) is 15.2. The lowest BCUT2D eigenvalue weighted by Crippen LogP contribution is -2.53. The molecule has 0 aliphatic rings. The molecule has 0 amide bonds. The molecule has 0 saturated carbocycles. The third kappa shape index (κ3) is 21.6. The lowest BCUT2D eigenvalue weighted by atomic mass is 10.2. The number of hydrogen-bond acceptors (Lipinski definition) is 7. The Kier molecular flexibility index (Phi) is 16.6. The van der Waals surface area contributed by atoms with E-state index in [1.54, 1.807) is 0 Å². The Morgan fingerprint density at radius 3 is 1.70 bits per heavy atom. The van der Waals surface area contributed by atoms with Crippen LogP contribution in [0.5, 0.6) is 0 Å². The lowest BCUT2D eigenvalue weighted by Gasteiger charge is -2.39. The van der Waals surface area contributed by atoms with Gasteiger partial charge in [0, 0.05) is 34.7 Å². The maximum absolute atomic E-state index is 11.2. The summed E-state index contributed by atoms with van der Waals surface area (Å²) < 4.78 is 74.4. The normalized spacial score (nSPS) is 13.0. The maximum atomic E-state index is 11.2. The Bertz CT molecular complexity index is 706. The molecule has 0 bridgehead atoms. The minimum Gasteiger partial charge on any atom is -0.481 e. The maximum Gasteiger partial charge on any atom is 0.303 e. The van der Waals surface area contributed by atoms with Crippen molar-refractivity contribution in [1.82, 2.24) is 0 Å². The second kappa shape index (κ2) is 16.9. The third-order valence-electron chi connectivity index (χ3n) is 5.24. The second-order valence-electron chi connectivity index (χ2n) is 8.77. The predicted octanol–water partition coefficient (Wildman–Crippen LogP) is 1.13. The molecule has 0 aromatic heterocycles. The third-order valence-corrected chi connectivity index (χ3v) is 8.42. The molecule has 0 unspecified atom stereocenters. The molecule has 3 N–H and O–H groups in total. The molecule has 0 aromatic rings. The highest BCUT2D eigenvalue weighted by Crippen LogP contribution is 2.15. The fourth-order valence-corrected chi connectivity index (χ4v) is 5.56. The summed E-state index contributed by atoms with van der Waals surface area (Å²) in [5.74, 6) is -1.60. The Balaban J connectivity index is 4.88. The number of rotatable bonds is 22. The number of carbonyl (C=O) groups is 1. The molecule has 0 radical (unpaired) electrons. The van der Waals surface area contributed by atoms with Crippen LogP contribution in [0.15, 0.2) is 0 Å². The molecule has 0 aliphatic heterocycles. The highest BCUT2D eigenvalue weighted by molar-refractivity contribution is 7.86. The van der Waals surface area contributed by atoms with Crippen LogP contribution in [0.1, 0.15) is 32.1 Å². The summed E-state index contributed by atoms with van der Waals surface area (Å²) in [4.78, 5) is 10.5. The molecule has 0 aromatic carbocycles. The average molecular weight is 537 g/mol. The van der Waals surface area contributed by atoms with E-state index in [1.165, 1.54) is 0 Å². The van der Waals surface area contributed by atoms with Gasteiger partial charge in [-0.2, -0.15) is 16.8 Å². The van der Waals surface area contributed by atoms with E-state index in [9.17, 15) is 21.6 Å². The Hall–Kier alpha value is -0.613. The average Bonchev–Trinajstić information content (AvgIpc) is 2.64. The minimum absolute atomic E-state index is 0.0488. The first-order valence-corrected chi connectivity index (χ1v) is 17.7. The molecule has 33 heavy (non-hydrogen) atoms. The highest BCUT2D eigenvalue weighted by atomic mass is 32.2.